The number of benzene rings is 1. The minimum atomic E-state index is -0.954. The summed E-state index contributed by atoms with van der Waals surface area (Å²) in [5, 5.41) is 11.0. The number of nitrogens with zero attached hydrogens (tertiary/aromatic N) is 1. The Balaban J connectivity index is 2.07. The maximum atomic E-state index is 11.0. The van der Waals surface area contributed by atoms with Gasteiger partial charge in [0.05, 0.1) is 18.1 Å². The number of carbonyl (C=O) groups is 1. The second-order valence-electron chi connectivity index (χ2n) is 4.21. The van der Waals surface area contributed by atoms with E-state index in [0.29, 0.717) is 0 Å². The molecule has 1 saturated heterocycles. The molecule has 3 atom stereocenters. The molecule has 0 aromatic heterocycles. The van der Waals surface area contributed by atoms with Crippen LogP contribution in [0, 0.1) is 0 Å². The maximum Gasteiger partial charge on any atom is 0.0698 e. The van der Waals surface area contributed by atoms with Gasteiger partial charge in [-0.1, -0.05) is 43.7 Å². The standard InChI is InChI=1S/C13H17NO2/c1-2-3-9-14-11(12(14)13(15)16)10-7-5-4-6-8-10/h4-8,11-12H,2-3,9H2,1H3,(H,15,16)/p-1/t11-,12-,14?/m0/s1. The van der Waals surface area contributed by atoms with Gasteiger partial charge in [0, 0.05) is 0 Å². The zero-order valence-corrected chi connectivity index (χ0v) is 9.43. The summed E-state index contributed by atoms with van der Waals surface area (Å²) in [6.45, 7) is 2.95. The Morgan fingerprint density at radius 3 is 2.62 bits per heavy atom. The number of hydrogen-bond donors (Lipinski definition) is 0. The smallest absolute Gasteiger partial charge is 0.0698 e. The van der Waals surface area contributed by atoms with E-state index in [0.717, 1.165) is 24.9 Å². The summed E-state index contributed by atoms with van der Waals surface area (Å²) in [7, 11) is 0. The lowest BCUT2D eigenvalue weighted by Gasteiger charge is -2.02. The second-order valence-corrected chi connectivity index (χ2v) is 4.21. The molecule has 16 heavy (non-hydrogen) atoms. The minimum Gasteiger partial charge on any atom is -0.548 e. The first-order valence-electron chi connectivity index (χ1n) is 5.77. The van der Waals surface area contributed by atoms with Crippen molar-refractivity contribution in [3.05, 3.63) is 35.9 Å². The molecule has 1 aromatic carbocycles. The van der Waals surface area contributed by atoms with Gasteiger partial charge in [0.25, 0.3) is 0 Å². The Morgan fingerprint density at radius 2 is 2.06 bits per heavy atom. The number of unbranched alkanes of at least 4 members (excludes halogenated alkanes) is 1. The molecule has 0 amide bonds. The molecule has 1 heterocycles. The van der Waals surface area contributed by atoms with E-state index in [1.54, 1.807) is 0 Å². The van der Waals surface area contributed by atoms with E-state index in [2.05, 4.69) is 6.92 Å². The molecule has 0 saturated carbocycles. The lowest BCUT2D eigenvalue weighted by Crippen LogP contribution is -2.30. The van der Waals surface area contributed by atoms with Crippen LogP contribution in [0.25, 0.3) is 0 Å². The number of hydrogen-bond acceptors (Lipinski definition) is 3. The molecule has 3 nitrogen and oxygen atoms in total. The molecule has 0 radical (unpaired) electrons. The molecule has 1 aliphatic rings. The maximum absolute atomic E-state index is 11.0. The van der Waals surface area contributed by atoms with Crippen LogP contribution >= 0.6 is 0 Å². The average molecular weight is 218 g/mol. The fourth-order valence-corrected chi connectivity index (χ4v) is 2.18. The molecular weight excluding hydrogens is 202 g/mol. The van der Waals surface area contributed by atoms with Crippen LogP contribution in [0.2, 0.25) is 0 Å². The lowest BCUT2D eigenvalue weighted by molar-refractivity contribution is -0.306. The average Bonchev–Trinajstić information content (AvgIpc) is 3.02. The van der Waals surface area contributed by atoms with Crippen molar-refractivity contribution < 1.29 is 9.90 Å². The van der Waals surface area contributed by atoms with E-state index < -0.39 is 12.0 Å². The van der Waals surface area contributed by atoms with Crippen LogP contribution in [0.3, 0.4) is 0 Å². The number of rotatable bonds is 5. The molecule has 0 bridgehead atoms. The number of aliphatic carboxylic acids is 1. The van der Waals surface area contributed by atoms with E-state index in [9.17, 15) is 9.90 Å². The third-order valence-electron chi connectivity index (χ3n) is 3.08. The summed E-state index contributed by atoms with van der Waals surface area (Å²) in [4.78, 5) is 13.0. The van der Waals surface area contributed by atoms with Crippen molar-refractivity contribution in [3.8, 4) is 0 Å². The van der Waals surface area contributed by atoms with E-state index in [4.69, 9.17) is 0 Å². The molecule has 1 aliphatic heterocycles. The fourth-order valence-electron chi connectivity index (χ4n) is 2.18. The van der Waals surface area contributed by atoms with Crippen LogP contribution in [0.1, 0.15) is 31.4 Å². The van der Waals surface area contributed by atoms with Crippen molar-refractivity contribution >= 4 is 5.97 Å². The quantitative estimate of drug-likeness (QED) is 0.691. The van der Waals surface area contributed by atoms with Crippen molar-refractivity contribution in [2.24, 2.45) is 0 Å². The molecule has 3 heteroatoms. The van der Waals surface area contributed by atoms with Crippen LogP contribution in [-0.2, 0) is 4.79 Å². The van der Waals surface area contributed by atoms with Crippen LogP contribution in [0.5, 0.6) is 0 Å². The van der Waals surface area contributed by atoms with Crippen LogP contribution in [0.15, 0.2) is 30.3 Å². The first kappa shape index (κ1) is 11.1. The molecule has 1 fully saturated rings. The molecule has 86 valence electrons. The van der Waals surface area contributed by atoms with Gasteiger partial charge in [-0.05, 0) is 18.5 Å². The highest BCUT2D eigenvalue weighted by molar-refractivity contribution is 5.76. The van der Waals surface area contributed by atoms with Crippen LogP contribution in [0.4, 0.5) is 0 Å². The number of carbonyl (C=O) groups excluding carboxylic acids is 1. The van der Waals surface area contributed by atoms with Gasteiger partial charge >= 0.3 is 0 Å². The summed E-state index contributed by atoms with van der Waals surface area (Å²) in [6, 6.07) is 9.39. The Hall–Kier alpha value is -1.35. The minimum absolute atomic E-state index is 0.0257. The first-order chi connectivity index (χ1) is 7.75. The summed E-state index contributed by atoms with van der Waals surface area (Å²) in [6.07, 6.45) is 2.12. The second kappa shape index (κ2) is 4.66. The first-order valence-corrected chi connectivity index (χ1v) is 5.77. The Labute approximate surface area is 95.7 Å². The zero-order valence-electron chi connectivity index (χ0n) is 9.43. The van der Waals surface area contributed by atoms with Crippen molar-refractivity contribution in [1.29, 1.82) is 0 Å². The predicted molar refractivity (Wildman–Crippen MR) is 59.6 cm³/mol. The largest absolute Gasteiger partial charge is 0.548 e. The highest BCUT2D eigenvalue weighted by Crippen LogP contribution is 2.42. The van der Waals surface area contributed by atoms with Gasteiger partial charge < -0.3 is 9.90 Å². The summed E-state index contributed by atoms with van der Waals surface area (Å²) >= 11 is 0. The zero-order chi connectivity index (χ0) is 11.5. The van der Waals surface area contributed by atoms with Crippen molar-refractivity contribution in [3.63, 3.8) is 0 Å². The Kier molecular flexibility index (Phi) is 3.25. The van der Waals surface area contributed by atoms with E-state index >= 15 is 0 Å². The molecule has 0 aliphatic carbocycles. The Morgan fingerprint density at radius 1 is 1.38 bits per heavy atom. The summed E-state index contributed by atoms with van der Waals surface area (Å²) < 4.78 is 0. The monoisotopic (exact) mass is 218 g/mol. The van der Waals surface area contributed by atoms with E-state index in [-0.39, 0.29) is 6.04 Å². The van der Waals surface area contributed by atoms with E-state index in [1.165, 1.54) is 0 Å². The van der Waals surface area contributed by atoms with Gasteiger partial charge in [-0.3, -0.25) is 4.90 Å². The van der Waals surface area contributed by atoms with Crippen molar-refractivity contribution in [1.82, 2.24) is 4.90 Å². The van der Waals surface area contributed by atoms with Gasteiger partial charge in [-0.25, -0.2) is 0 Å². The molecule has 1 unspecified atom stereocenters. The highest BCUT2D eigenvalue weighted by Gasteiger charge is 2.48. The van der Waals surface area contributed by atoms with Crippen molar-refractivity contribution in [2.75, 3.05) is 6.54 Å². The number of carboxylic acid groups (broad SMARTS) is 1. The topological polar surface area (TPSA) is 43.1 Å². The van der Waals surface area contributed by atoms with Gasteiger partial charge in [-0.15, -0.1) is 0 Å². The highest BCUT2D eigenvalue weighted by atomic mass is 16.4. The summed E-state index contributed by atoms with van der Waals surface area (Å²) in [5.41, 5.74) is 1.08. The lowest BCUT2D eigenvalue weighted by atomic mass is 10.1. The molecule has 1 aromatic rings. The molecule has 2 rings (SSSR count). The third-order valence-corrected chi connectivity index (χ3v) is 3.08. The third kappa shape index (κ3) is 2.09. The van der Waals surface area contributed by atoms with Crippen LogP contribution in [-0.4, -0.2) is 23.5 Å². The summed E-state index contributed by atoms with van der Waals surface area (Å²) in [5.74, 6) is -0.954. The van der Waals surface area contributed by atoms with E-state index in [1.807, 2.05) is 35.2 Å². The van der Waals surface area contributed by atoms with Crippen molar-refractivity contribution in [2.45, 2.75) is 31.8 Å². The van der Waals surface area contributed by atoms with Gasteiger partial charge in [0.2, 0.25) is 0 Å². The fraction of sp³-hybridized carbons (Fsp3) is 0.462. The van der Waals surface area contributed by atoms with Gasteiger partial charge in [0.1, 0.15) is 0 Å². The van der Waals surface area contributed by atoms with Gasteiger partial charge in [-0.2, -0.15) is 0 Å². The van der Waals surface area contributed by atoms with Crippen LogP contribution < -0.4 is 5.11 Å². The Bertz CT molecular complexity index is 363. The van der Waals surface area contributed by atoms with Gasteiger partial charge in [0.15, 0.2) is 0 Å². The molecule has 0 spiro atoms. The molecule has 0 N–H and O–H groups in total. The molecular formula is C13H16NO2-. The normalized spacial score (nSPS) is 27.7. The predicted octanol–water partition coefficient (Wildman–Crippen LogP) is 0.962. The SMILES string of the molecule is CCCCN1[C@H](C(=O)[O-])[C@@H]1c1ccccc1. The number of carboxylic acids is 1.